The molecule has 0 bridgehead atoms. The quantitative estimate of drug-likeness (QED) is 0.771. The van der Waals surface area contributed by atoms with Crippen LogP contribution in [0.4, 0.5) is 10.5 Å². The van der Waals surface area contributed by atoms with E-state index in [1.54, 1.807) is 18.2 Å². The molecular formula is C13H17Cl2N3O3. The monoisotopic (exact) mass is 333 g/mol. The van der Waals surface area contributed by atoms with Crippen molar-refractivity contribution >= 4 is 34.9 Å². The topological polar surface area (TPSA) is 76.0 Å². The second-order valence-corrected chi connectivity index (χ2v) is 5.99. The molecule has 0 radical (unpaired) electrons. The van der Waals surface area contributed by atoms with Crippen LogP contribution < -0.4 is 10.2 Å². The van der Waals surface area contributed by atoms with E-state index in [4.69, 9.17) is 23.2 Å². The molecule has 0 aromatic heterocycles. The largest absolute Gasteiger partial charge is 0.372 e. The third-order valence-electron chi connectivity index (χ3n) is 3.03. The van der Waals surface area contributed by atoms with E-state index in [0.29, 0.717) is 15.7 Å². The zero-order valence-electron chi connectivity index (χ0n) is 11.6. The van der Waals surface area contributed by atoms with E-state index >= 15 is 0 Å². The van der Waals surface area contributed by atoms with Gasteiger partial charge in [0.05, 0.1) is 6.54 Å². The van der Waals surface area contributed by atoms with Crippen LogP contribution >= 0.6 is 23.2 Å². The molecule has 1 fully saturated rings. The first kappa shape index (κ1) is 16.2. The van der Waals surface area contributed by atoms with E-state index in [2.05, 4.69) is 5.32 Å². The van der Waals surface area contributed by atoms with Gasteiger partial charge in [0.15, 0.2) is 0 Å². The summed E-state index contributed by atoms with van der Waals surface area (Å²) >= 11 is 11.8. The summed E-state index contributed by atoms with van der Waals surface area (Å²) in [7, 11) is 0. The number of hydrogen-bond donors (Lipinski definition) is 3. The summed E-state index contributed by atoms with van der Waals surface area (Å²) in [5, 5.41) is 23.8. The van der Waals surface area contributed by atoms with Gasteiger partial charge in [0.1, 0.15) is 6.23 Å². The number of β-amino-alcohol motifs (C(OH)–C–C–N with tert-alkyl or cyclic N) is 1. The molecular weight excluding hydrogens is 317 g/mol. The first-order valence-electron chi connectivity index (χ1n) is 6.47. The number of carbonyl (C=O) groups excluding carboxylic acids is 1. The summed E-state index contributed by atoms with van der Waals surface area (Å²) in [5.41, 5.74) is 0.437. The highest BCUT2D eigenvalue weighted by Crippen LogP contribution is 2.31. The lowest BCUT2D eigenvalue weighted by Crippen LogP contribution is -2.48. The van der Waals surface area contributed by atoms with Gasteiger partial charge in [-0.05, 0) is 32.0 Å². The van der Waals surface area contributed by atoms with Crippen molar-refractivity contribution in [3.8, 4) is 0 Å². The van der Waals surface area contributed by atoms with Gasteiger partial charge in [-0.1, -0.05) is 23.2 Å². The predicted octanol–water partition coefficient (Wildman–Crippen LogP) is 1.83. The van der Waals surface area contributed by atoms with Crippen LogP contribution in [0.3, 0.4) is 0 Å². The van der Waals surface area contributed by atoms with Crippen LogP contribution in [0.1, 0.15) is 13.8 Å². The summed E-state index contributed by atoms with van der Waals surface area (Å²) in [6, 6.07) is 4.14. The van der Waals surface area contributed by atoms with Gasteiger partial charge in [-0.25, -0.2) is 4.79 Å². The minimum absolute atomic E-state index is 0.0240. The number of halogens is 2. The molecule has 1 aliphatic rings. The van der Waals surface area contributed by atoms with Gasteiger partial charge in [0.25, 0.3) is 0 Å². The van der Waals surface area contributed by atoms with Crippen LogP contribution in [0, 0.1) is 0 Å². The van der Waals surface area contributed by atoms with Crippen molar-refractivity contribution in [3.05, 3.63) is 28.2 Å². The van der Waals surface area contributed by atoms with Gasteiger partial charge in [-0.15, -0.1) is 0 Å². The number of nitrogens with one attached hydrogen (secondary N) is 1. The zero-order valence-corrected chi connectivity index (χ0v) is 13.1. The second kappa shape index (κ2) is 6.27. The Bertz CT molecular complexity index is 521. The maximum absolute atomic E-state index is 12.0. The lowest BCUT2D eigenvalue weighted by atomic mass is 10.3. The second-order valence-electron chi connectivity index (χ2n) is 5.12. The Balaban J connectivity index is 2.23. The molecule has 2 unspecified atom stereocenters. The summed E-state index contributed by atoms with van der Waals surface area (Å²) < 4.78 is 0. The number of rotatable bonds is 2. The molecule has 1 aromatic rings. The van der Waals surface area contributed by atoms with Crippen LogP contribution in [0.2, 0.25) is 10.0 Å². The highest BCUT2D eigenvalue weighted by Gasteiger charge is 2.40. The number of benzene rings is 1. The molecule has 21 heavy (non-hydrogen) atoms. The third kappa shape index (κ3) is 3.52. The van der Waals surface area contributed by atoms with Crippen molar-refractivity contribution in [1.82, 2.24) is 10.2 Å². The number of aliphatic hydroxyl groups is 2. The Hall–Kier alpha value is -1.21. The standard InChI is InChI=1S/C13H17Cl2N3O3/c1-7(2)16-12(20)17-6-11(19)18(13(17)21)10-4-8(14)3-9(15)5-10/h3-5,7,11,13,19,21H,6H2,1-2H3,(H,16,20). The molecule has 8 heteroatoms. The molecule has 1 aromatic carbocycles. The smallest absolute Gasteiger partial charge is 0.321 e. The van der Waals surface area contributed by atoms with Crippen LogP contribution in [0.5, 0.6) is 0 Å². The molecule has 6 nitrogen and oxygen atoms in total. The van der Waals surface area contributed by atoms with Crippen molar-refractivity contribution < 1.29 is 15.0 Å². The molecule has 3 N–H and O–H groups in total. The number of nitrogens with zero attached hydrogens (tertiary/aromatic N) is 2. The Morgan fingerprint density at radius 2 is 1.86 bits per heavy atom. The van der Waals surface area contributed by atoms with Gasteiger partial charge >= 0.3 is 6.03 Å². The summed E-state index contributed by atoms with van der Waals surface area (Å²) in [5.74, 6) is 0. The maximum Gasteiger partial charge on any atom is 0.321 e. The zero-order chi connectivity index (χ0) is 15.7. The summed E-state index contributed by atoms with van der Waals surface area (Å²) in [6.45, 7) is 3.60. The van der Waals surface area contributed by atoms with Crippen molar-refractivity contribution in [2.24, 2.45) is 0 Å². The number of hydrogen-bond acceptors (Lipinski definition) is 4. The minimum atomic E-state index is -1.30. The Morgan fingerprint density at radius 3 is 2.38 bits per heavy atom. The van der Waals surface area contributed by atoms with E-state index < -0.39 is 18.6 Å². The number of carbonyl (C=O) groups is 1. The Morgan fingerprint density at radius 1 is 1.29 bits per heavy atom. The molecule has 1 saturated heterocycles. The van der Waals surface area contributed by atoms with E-state index in [1.807, 2.05) is 13.8 Å². The fourth-order valence-electron chi connectivity index (χ4n) is 2.17. The number of amides is 2. The van der Waals surface area contributed by atoms with Gasteiger partial charge in [0, 0.05) is 21.8 Å². The van der Waals surface area contributed by atoms with Gasteiger partial charge in [0.2, 0.25) is 6.35 Å². The molecule has 0 aliphatic carbocycles. The fourth-order valence-corrected chi connectivity index (χ4v) is 2.69. The van der Waals surface area contributed by atoms with Crippen LogP contribution in [-0.4, -0.2) is 46.3 Å². The van der Waals surface area contributed by atoms with E-state index in [1.165, 1.54) is 4.90 Å². The molecule has 0 spiro atoms. The summed E-state index contributed by atoms with van der Waals surface area (Å²) in [6.07, 6.45) is -2.35. The molecule has 0 saturated carbocycles. The number of anilines is 1. The van der Waals surface area contributed by atoms with Crippen LogP contribution in [0.25, 0.3) is 0 Å². The molecule has 2 rings (SSSR count). The molecule has 2 atom stereocenters. The highest BCUT2D eigenvalue weighted by molar-refractivity contribution is 6.35. The lowest BCUT2D eigenvalue weighted by Gasteiger charge is -2.28. The molecule has 2 amide bonds. The number of aliphatic hydroxyl groups excluding tert-OH is 2. The minimum Gasteiger partial charge on any atom is -0.372 e. The maximum atomic E-state index is 12.0. The lowest BCUT2D eigenvalue weighted by molar-refractivity contribution is 0.0614. The SMILES string of the molecule is CC(C)NC(=O)N1CC(O)N(c2cc(Cl)cc(Cl)c2)C1O. The molecule has 1 heterocycles. The van der Waals surface area contributed by atoms with Crippen molar-refractivity contribution in [2.75, 3.05) is 11.4 Å². The summed E-state index contributed by atoms with van der Waals surface area (Å²) in [4.78, 5) is 14.4. The van der Waals surface area contributed by atoms with Gasteiger partial charge in [-0.3, -0.25) is 4.90 Å². The Kier molecular flexibility index (Phi) is 4.83. The average molecular weight is 334 g/mol. The first-order chi connectivity index (χ1) is 9.79. The van der Waals surface area contributed by atoms with Crippen LogP contribution in [0.15, 0.2) is 18.2 Å². The Labute approximate surface area is 132 Å². The average Bonchev–Trinajstić information content (AvgIpc) is 2.62. The first-order valence-corrected chi connectivity index (χ1v) is 7.23. The number of urea groups is 1. The van der Waals surface area contributed by atoms with E-state index in [0.717, 1.165) is 4.90 Å². The van der Waals surface area contributed by atoms with E-state index in [9.17, 15) is 15.0 Å². The van der Waals surface area contributed by atoms with Crippen LogP contribution in [-0.2, 0) is 0 Å². The van der Waals surface area contributed by atoms with Crippen molar-refractivity contribution in [2.45, 2.75) is 32.5 Å². The van der Waals surface area contributed by atoms with Crippen molar-refractivity contribution in [1.29, 1.82) is 0 Å². The van der Waals surface area contributed by atoms with Gasteiger partial charge < -0.3 is 20.4 Å². The van der Waals surface area contributed by atoms with E-state index in [-0.39, 0.29) is 12.6 Å². The molecule has 116 valence electrons. The van der Waals surface area contributed by atoms with Gasteiger partial charge in [-0.2, -0.15) is 0 Å². The highest BCUT2D eigenvalue weighted by atomic mass is 35.5. The normalized spacial score (nSPS) is 22.0. The fraction of sp³-hybridized carbons (Fsp3) is 0.462. The van der Waals surface area contributed by atoms with Crippen molar-refractivity contribution in [3.63, 3.8) is 0 Å². The third-order valence-corrected chi connectivity index (χ3v) is 3.46. The predicted molar refractivity (Wildman–Crippen MR) is 81.3 cm³/mol. The molecule has 1 aliphatic heterocycles.